The zero-order valence-electron chi connectivity index (χ0n) is 12.7. The molecule has 0 aliphatic heterocycles. The van der Waals surface area contributed by atoms with E-state index in [1.165, 1.54) is 16.5 Å². The molecule has 0 bridgehead atoms. The molecule has 21 heavy (non-hydrogen) atoms. The van der Waals surface area contributed by atoms with Crippen LogP contribution in [0.3, 0.4) is 0 Å². The summed E-state index contributed by atoms with van der Waals surface area (Å²) < 4.78 is 0. The first-order valence-corrected chi connectivity index (χ1v) is 7.89. The number of phenolic OH excluding ortho intramolecular Hbond substituents is 1. The summed E-state index contributed by atoms with van der Waals surface area (Å²) in [5, 5.41) is 22.8. The van der Waals surface area contributed by atoms with Crippen LogP contribution in [0.5, 0.6) is 5.75 Å². The summed E-state index contributed by atoms with van der Waals surface area (Å²) in [4.78, 5) is 0. The number of benzene rings is 2. The molecule has 2 aromatic rings. The van der Waals surface area contributed by atoms with Gasteiger partial charge >= 0.3 is 0 Å². The molecule has 2 aromatic carbocycles. The maximum Gasteiger partial charge on any atom is 0.116 e. The fourth-order valence-corrected chi connectivity index (χ4v) is 4.74. The van der Waals surface area contributed by atoms with Gasteiger partial charge in [-0.25, -0.2) is 0 Å². The summed E-state index contributed by atoms with van der Waals surface area (Å²) in [7, 11) is 0. The lowest BCUT2D eigenvalue weighted by Crippen LogP contribution is -2.44. The van der Waals surface area contributed by atoms with E-state index < -0.39 is 5.60 Å². The molecule has 4 rings (SSSR count). The van der Waals surface area contributed by atoms with Crippen LogP contribution in [0.25, 0.3) is 10.8 Å². The van der Waals surface area contributed by atoms with Crippen molar-refractivity contribution >= 4 is 10.8 Å². The highest BCUT2D eigenvalue weighted by atomic mass is 16.3. The van der Waals surface area contributed by atoms with Crippen molar-refractivity contribution in [3.8, 4) is 5.75 Å². The minimum Gasteiger partial charge on any atom is -0.508 e. The summed E-state index contributed by atoms with van der Waals surface area (Å²) in [6.45, 7) is 4.27. The Morgan fingerprint density at radius 2 is 1.90 bits per heavy atom. The second-order valence-electron chi connectivity index (χ2n) is 7.32. The lowest BCUT2D eigenvalue weighted by molar-refractivity contribution is -0.0494. The van der Waals surface area contributed by atoms with E-state index in [-0.39, 0.29) is 5.41 Å². The Labute approximate surface area is 125 Å². The predicted molar refractivity (Wildman–Crippen MR) is 84.6 cm³/mol. The molecule has 1 saturated carbocycles. The fourth-order valence-electron chi connectivity index (χ4n) is 4.74. The van der Waals surface area contributed by atoms with Gasteiger partial charge in [-0.2, -0.15) is 0 Å². The van der Waals surface area contributed by atoms with E-state index in [4.69, 9.17) is 0 Å². The Hall–Kier alpha value is -1.54. The number of hydrogen-bond acceptors (Lipinski definition) is 2. The maximum atomic E-state index is 10.8. The molecule has 110 valence electrons. The standard InChI is InChI=1S/C19H22O2/c1-18-9-7-15-14-6-4-13(20)11-12(14)3-5-16(15)17(18)8-10-19(18,2)21/h3-6,11,17,20-21H,7-10H2,1-2H3. The average molecular weight is 282 g/mol. The van der Waals surface area contributed by atoms with Crippen LogP contribution in [0.2, 0.25) is 0 Å². The first-order chi connectivity index (χ1) is 9.92. The van der Waals surface area contributed by atoms with Gasteiger partial charge in [0, 0.05) is 5.41 Å². The quantitative estimate of drug-likeness (QED) is 0.763. The van der Waals surface area contributed by atoms with Gasteiger partial charge in [-0.05, 0) is 72.6 Å². The third-order valence-corrected chi connectivity index (χ3v) is 6.34. The van der Waals surface area contributed by atoms with Crippen molar-refractivity contribution in [3.63, 3.8) is 0 Å². The average Bonchev–Trinajstić information content (AvgIpc) is 2.69. The molecule has 0 saturated heterocycles. The van der Waals surface area contributed by atoms with Gasteiger partial charge in [-0.3, -0.25) is 0 Å². The van der Waals surface area contributed by atoms with E-state index in [1.54, 1.807) is 6.07 Å². The molecule has 3 unspecified atom stereocenters. The number of aromatic hydroxyl groups is 1. The molecular weight excluding hydrogens is 260 g/mol. The van der Waals surface area contributed by atoms with Gasteiger partial charge in [-0.15, -0.1) is 0 Å². The van der Waals surface area contributed by atoms with Crippen molar-refractivity contribution in [3.05, 3.63) is 41.5 Å². The molecule has 0 heterocycles. The smallest absolute Gasteiger partial charge is 0.116 e. The van der Waals surface area contributed by atoms with E-state index in [2.05, 4.69) is 19.1 Å². The number of phenols is 1. The van der Waals surface area contributed by atoms with Crippen molar-refractivity contribution in [1.29, 1.82) is 0 Å². The Morgan fingerprint density at radius 3 is 2.71 bits per heavy atom. The van der Waals surface area contributed by atoms with Crippen LogP contribution in [0.15, 0.2) is 30.3 Å². The normalized spacial score (nSPS) is 34.7. The van der Waals surface area contributed by atoms with Crippen molar-refractivity contribution in [2.75, 3.05) is 0 Å². The minimum atomic E-state index is -0.556. The van der Waals surface area contributed by atoms with Crippen molar-refractivity contribution in [2.45, 2.75) is 51.0 Å². The lowest BCUT2D eigenvalue weighted by Gasteiger charge is -2.45. The summed E-state index contributed by atoms with van der Waals surface area (Å²) >= 11 is 0. The van der Waals surface area contributed by atoms with E-state index in [0.29, 0.717) is 11.7 Å². The van der Waals surface area contributed by atoms with Crippen LogP contribution in [0.1, 0.15) is 50.2 Å². The van der Waals surface area contributed by atoms with E-state index in [1.807, 2.05) is 19.1 Å². The van der Waals surface area contributed by atoms with Crippen molar-refractivity contribution < 1.29 is 10.2 Å². The molecule has 2 aliphatic carbocycles. The molecule has 0 radical (unpaired) electrons. The van der Waals surface area contributed by atoms with E-state index in [9.17, 15) is 10.2 Å². The zero-order chi connectivity index (χ0) is 14.8. The van der Waals surface area contributed by atoms with E-state index in [0.717, 1.165) is 31.1 Å². The first-order valence-electron chi connectivity index (χ1n) is 7.89. The van der Waals surface area contributed by atoms with Crippen LogP contribution in [-0.4, -0.2) is 15.8 Å². The third kappa shape index (κ3) is 1.63. The SMILES string of the molecule is CC1(O)CCC2c3ccc4cc(O)ccc4c3CCC21C. The Bertz CT molecular complexity index is 732. The van der Waals surface area contributed by atoms with Crippen LogP contribution >= 0.6 is 0 Å². The second kappa shape index (κ2) is 4.01. The van der Waals surface area contributed by atoms with Crippen LogP contribution in [-0.2, 0) is 6.42 Å². The lowest BCUT2D eigenvalue weighted by atomic mass is 9.62. The van der Waals surface area contributed by atoms with Crippen LogP contribution in [0, 0.1) is 5.41 Å². The highest BCUT2D eigenvalue weighted by Crippen LogP contribution is 2.60. The third-order valence-electron chi connectivity index (χ3n) is 6.34. The first kappa shape index (κ1) is 13.1. The topological polar surface area (TPSA) is 40.5 Å². The second-order valence-corrected chi connectivity index (χ2v) is 7.32. The van der Waals surface area contributed by atoms with Crippen LogP contribution in [0.4, 0.5) is 0 Å². The maximum absolute atomic E-state index is 10.8. The predicted octanol–water partition coefficient (Wildman–Crippen LogP) is 4.13. The fraction of sp³-hybridized carbons (Fsp3) is 0.474. The zero-order valence-corrected chi connectivity index (χ0v) is 12.7. The Morgan fingerprint density at radius 1 is 1.10 bits per heavy atom. The number of aliphatic hydroxyl groups is 1. The molecular formula is C19H22O2. The van der Waals surface area contributed by atoms with Gasteiger partial charge < -0.3 is 10.2 Å². The highest BCUT2D eigenvalue weighted by molar-refractivity contribution is 5.88. The molecule has 2 aliphatic rings. The van der Waals surface area contributed by atoms with Gasteiger partial charge in [0.15, 0.2) is 0 Å². The highest BCUT2D eigenvalue weighted by Gasteiger charge is 2.55. The largest absolute Gasteiger partial charge is 0.508 e. The molecule has 0 spiro atoms. The monoisotopic (exact) mass is 282 g/mol. The van der Waals surface area contributed by atoms with Gasteiger partial charge in [0.05, 0.1) is 5.60 Å². The molecule has 0 aromatic heterocycles. The van der Waals surface area contributed by atoms with Gasteiger partial charge in [0.2, 0.25) is 0 Å². The van der Waals surface area contributed by atoms with Gasteiger partial charge in [0.1, 0.15) is 5.75 Å². The van der Waals surface area contributed by atoms with Crippen molar-refractivity contribution in [2.24, 2.45) is 5.41 Å². The Balaban J connectivity index is 1.92. The van der Waals surface area contributed by atoms with Crippen molar-refractivity contribution in [1.82, 2.24) is 0 Å². The summed E-state index contributed by atoms with van der Waals surface area (Å²) in [5.41, 5.74) is 2.27. The number of rotatable bonds is 0. The minimum absolute atomic E-state index is 0.00933. The number of fused-ring (bicyclic) bond motifs is 5. The molecule has 0 amide bonds. The summed E-state index contributed by atoms with van der Waals surface area (Å²) in [5.74, 6) is 0.779. The molecule has 2 N–H and O–H groups in total. The molecule has 2 nitrogen and oxygen atoms in total. The molecule has 1 fully saturated rings. The summed E-state index contributed by atoms with van der Waals surface area (Å²) in [6.07, 6.45) is 4.01. The van der Waals surface area contributed by atoms with Crippen LogP contribution < -0.4 is 0 Å². The van der Waals surface area contributed by atoms with Gasteiger partial charge in [-0.1, -0.05) is 25.1 Å². The van der Waals surface area contributed by atoms with E-state index >= 15 is 0 Å². The summed E-state index contributed by atoms with van der Waals surface area (Å²) in [6, 6.07) is 10.0. The molecule has 3 atom stereocenters. The van der Waals surface area contributed by atoms with Gasteiger partial charge in [0.25, 0.3) is 0 Å². The molecule has 2 heteroatoms. The Kier molecular flexibility index (Phi) is 2.51. The number of hydrogen-bond donors (Lipinski definition) is 2. The number of aryl methyl sites for hydroxylation is 1.